The first-order chi connectivity index (χ1) is 10.3. The molecule has 0 amide bonds. The van der Waals surface area contributed by atoms with Crippen molar-refractivity contribution in [2.24, 2.45) is 0 Å². The lowest BCUT2D eigenvalue weighted by Gasteiger charge is -2.07. The Hall–Kier alpha value is -1.98. The molecular formula is C15H13ClN4S. The minimum atomic E-state index is 0.757. The Kier molecular flexibility index (Phi) is 4.43. The molecule has 4 nitrogen and oxygen atoms in total. The van der Waals surface area contributed by atoms with Crippen LogP contribution in [0.25, 0.3) is 0 Å². The molecule has 1 heterocycles. The smallest absolute Gasteiger partial charge is 0.188 e. The number of H-pyrrole nitrogens is 1. The molecule has 106 valence electrons. The lowest BCUT2D eigenvalue weighted by molar-refractivity contribution is 0.973. The van der Waals surface area contributed by atoms with E-state index in [1.807, 2.05) is 24.3 Å². The summed E-state index contributed by atoms with van der Waals surface area (Å²) in [6, 6.07) is 16.0. The summed E-state index contributed by atoms with van der Waals surface area (Å²) in [5.41, 5.74) is 2.27. The molecule has 0 radical (unpaired) electrons. The number of aromatic nitrogens is 3. The Morgan fingerprint density at radius 1 is 1.05 bits per heavy atom. The molecule has 1 aromatic heterocycles. The molecule has 2 aromatic carbocycles. The molecule has 0 unspecified atom stereocenters. The average molecular weight is 317 g/mol. The van der Waals surface area contributed by atoms with Gasteiger partial charge in [-0.3, -0.25) is 5.10 Å². The summed E-state index contributed by atoms with van der Waals surface area (Å²) >= 11 is 7.42. The van der Waals surface area contributed by atoms with Crippen molar-refractivity contribution in [3.63, 3.8) is 0 Å². The normalized spacial score (nSPS) is 10.5. The van der Waals surface area contributed by atoms with Crippen LogP contribution >= 0.6 is 23.4 Å². The van der Waals surface area contributed by atoms with Gasteiger partial charge in [-0.15, -0.1) is 0 Å². The molecule has 2 N–H and O–H groups in total. The Labute approximate surface area is 132 Å². The van der Waals surface area contributed by atoms with Gasteiger partial charge >= 0.3 is 0 Å². The highest BCUT2D eigenvalue weighted by molar-refractivity contribution is 7.99. The Bertz CT molecular complexity index is 681. The van der Waals surface area contributed by atoms with Crippen LogP contribution in [-0.2, 0) is 6.54 Å². The summed E-state index contributed by atoms with van der Waals surface area (Å²) in [4.78, 5) is 5.20. The molecule has 0 saturated carbocycles. The molecule has 0 spiro atoms. The Morgan fingerprint density at radius 2 is 1.81 bits per heavy atom. The lowest BCUT2D eigenvalue weighted by Crippen LogP contribution is -1.98. The van der Waals surface area contributed by atoms with Gasteiger partial charge in [-0.2, -0.15) is 5.10 Å². The molecule has 0 bridgehead atoms. The van der Waals surface area contributed by atoms with E-state index in [0.717, 1.165) is 27.3 Å². The number of anilines is 1. The van der Waals surface area contributed by atoms with E-state index in [-0.39, 0.29) is 0 Å². The van der Waals surface area contributed by atoms with Crippen LogP contribution < -0.4 is 5.32 Å². The topological polar surface area (TPSA) is 53.6 Å². The van der Waals surface area contributed by atoms with Crippen LogP contribution in [-0.4, -0.2) is 15.2 Å². The van der Waals surface area contributed by atoms with E-state index in [9.17, 15) is 0 Å². The fourth-order valence-electron chi connectivity index (χ4n) is 1.80. The number of nitrogens with zero attached hydrogens (tertiary/aromatic N) is 2. The molecule has 0 fully saturated rings. The molecule has 0 saturated heterocycles. The van der Waals surface area contributed by atoms with Gasteiger partial charge in [-0.1, -0.05) is 35.5 Å². The van der Waals surface area contributed by atoms with E-state index >= 15 is 0 Å². The molecule has 0 aliphatic carbocycles. The van der Waals surface area contributed by atoms with Crippen LogP contribution in [0.2, 0.25) is 5.02 Å². The first-order valence-corrected chi connectivity index (χ1v) is 7.61. The number of aromatic amines is 1. The van der Waals surface area contributed by atoms with Crippen molar-refractivity contribution in [3.05, 3.63) is 65.4 Å². The molecule has 21 heavy (non-hydrogen) atoms. The maximum atomic E-state index is 5.87. The van der Waals surface area contributed by atoms with Crippen LogP contribution in [0.3, 0.4) is 0 Å². The summed E-state index contributed by atoms with van der Waals surface area (Å²) in [5, 5.41) is 11.6. The third-order valence-corrected chi connectivity index (χ3v) is 4.02. The van der Waals surface area contributed by atoms with Crippen molar-refractivity contribution in [2.45, 2.75) is 16.6 Å². The van der Waals surface area contributed by atoms with Crippen molar-refractivity contribution < 1.29 is 0 Å². The van der Waals surface area contributed by atoms with Gasteiger partial charge in [0.15, 0.2) is 5.16 Å². The summed E-state index contributed by atoms with van der Waals surface area (Å²) in [6.07, 6.45) is 1.50. The summed E-state index contributed by atoms with van der Waals surface area (Å²) in [7, 11) is 0. The summed E-state index contributed by atoms with van der Waals surface area (Å²) in [5.74, 6) is 0. The van der Waals surface area contributed by atoms with Gasteiger partial charge < -0.3 is 5.32 Å². The third-order valence-electron chi connectivity index (χ3n) is 2.87. The van der Waals surface area contributed by atoms with Crippen LogP contribution in [0.4, 0.5) is 5.69 Å². The van der Waals surface area contributed by atoms with Crippen molar-refractivity contribution in [1.82, 2.24) is 15.2 Å². The first kappa shape index (κ1) is 14.0. The van der Waals surface area contributed by atoms with Gasteiger partial charge in [-0.05, 0) is 42.0 Å². The van der Waals surface area contributed by atoms with Gasteiger partial charge in [-0.25, -0.2) is 4.98 Å². The second-order valence-corrected chi connectivity index (χ2v) is 5.90. The minimum absolute atomic E-state index is 0.757. The number of hydrogen-bond acceptors (Lipinski definition) is 4. The molecule has 0 aliphatic rings. The average Bonchev–Trinajstić information content (AvgIpc) is 3.01. The lowest BCUT2D eigenvalue weighted by atomic mass is 10.2. The van der Waals surface area contributed by atoms with Gasteiger partial charge in [0.2, 0.25) is 0 Å². The number of nitrogens with one attached hydrogen (secondary N) is 2. The SMILES string of the molecule is Clc1ccc(CNc2ccc(Sc3ncn[nH]3)cc2)cc1. The zero-order chi connectivity index (χ0) is 14.5. The van der Waals surface area contributed by atoms with Crippen LogP contribution in [0.1, 0.15) is 5.56 Å². The van der Waals surface area contributed by atoms with Crippen LogP contribution in [0, 0.1) is 0 Å². The molecule has 3 aromatic rings. The van der Waals surface area contributed by atoms with Gasteiger partial charge in [0, 0.05) is 22.2 Å². The molecule has 6 heteroatoms. The predicted molar refractivity (Wildman–Crippen MR) is 85.7 cm³/mol. The van der Waals surface area contributed by atoms with Crippen LogP contribution in [0.15, 0.2) is 64.9 Å². The van der Waals surface area contributed by atoms with Gasteiger partial charge in [0.1, 0.15) is 6.33 Å². The number of halogens is 1. The molecule has 3 rings (SSSR count). The maximum absolute atomic E-state index is 5.87. The number of hydrogen-bond donors (Lipinski definition) is 2. The van der Waals surface area contributed by atoms with Crippen LogP contribution in [0.5, 0.6) is 0 Å². The quantitative estimate of drug-likeness (QED) is 0.740. The van der Waals surface area contributed by atoms with Gasteiger partial charge in [0.05, 0.1) is 0 Å². The highest BCUT2D eigenvalue weighted by Crippen LogP contribution is 2.25. The monoisotopic (exact) mass is 316 g/mol. The largest absolute Gasteiger partial charge is 0.381 e. The van der Waals surface area contributed by atoms with Crippen molar-refractivity contribution in [3.8, 4) is 0 Å². The van der Waals surface area contributed by atoms with E-state index in [4.69, 9.17) is 11.6 Å². The Balaban J connectivity index is 1.58. The van der Waals surface area contributed by atoms with Crippen molar-refractivity contribution in [2.75, 3.05) is 5.32 Å². The Morgan fingerprint density at radius 3 is 2.48 bits per heavy atom. The van der Waals surface area contributed by atoms with E-state index in [1.165, 1.54) is 11.9 Å². The summed E-state index contributed by atoms with van der Waals surface area (Å²) in [6.45, 7) is 0.770. The summed E-state index contributed by atoms with van der Waals surface area (Å²) < 4.78 is 0. The molecular weight excluding hydrogens is 304 g/mol. The highest BCUT2D eigenvalue weighted by Gasteiger charge is 2.00. The standard InChI is InChI=1S/C15H13ClN4S/c16-12-3-1-11(2-4-12)9-17-13-5-7-14(8-6-13)21-15-18-10-19-20-15/h1-8,10,17H,9H2,(H,18,19,20). The fourth-order valence-corrected chi connectivity index (χ4v) is 2.62. The zero-order valence-corrected chi connectivity index (χ0v) is 12.7. The first-order valence-electron chi connectivity index (χ1n) is 6.41. The molecule has 0 aliphatic heterocycles. The van der Waals surface area contributed by atoms with E-state index < -0.39 is 0 Å². The number of benzene rings is 2. The zero-order valence-electron chi connectivity index (χ0n) is 11.1. The van der Waals surface area contributed by atoms with Crippen molar-refractivity contribution >= 4 is 29.1 Å². The number of rotatable bonds is 5. The fraction of sp³-hybridized carbons (Fsp3) is 0.0667. The van der Waals surface area contributed by atoms with E-state index in [2.05, 4.69) is 44.8 Å². The molecule has 0 atom stereocenters. The minimum Gasteiger partial charge on any atom is -0.381 e. The highest BCUT2D eigenvalue weighted by atomic mass is 35.5. The second-order valence-electron chi connectivity index (χ2n) is 4.40. The predicted octanol–water partition coefficient (Wildman–Crippen LogP) is 4.22. The van der Waals surface area contributed by atoms with Crippen molar-refractivity contribution in [1.29, 1.82) is 0 Å². The van der Waals surface area contributed by atoms with E-state index in [0.29, 0.717) is 0 Å². The van der Waals surface area contributed by atoms with E-state index in [1.54, 1.807) is 11.8 Å². The maximum Gasteiger partial charge on any atom is 0.188 e. The third kappa shape index (κ3) is 4.00. The van der Waals surface area contributed by atoms with Gasteiger partial charge in [0.25, 0.3) is 0 Å². The second kappa shape index (κ2) is 6.65.